The van der Waals surface area contributed by atoms with E-state index < -0.39 is 6.04 Å². The minimum absolute atomic E-state index is 0. The van der Waals surface area contributed by atoms with Crippen molar-refractivity contribution in [3.05, 3.63) is 29.3 Å². The molecule has 2 saturated heterocycles. The van der Waals surface area contributed by atoms with E-state index in [1.807, 2.05) is 24.3 Å². The van der Waals surface area contributed by atoms with E-state index in [0.717, 1.165) is 31.6 Å². The number of carbonyl (C=O) groups excluding carboxylic acids is 2. The normalized spacial score (nSPS) is 18.3. The van der Waals surface area contributed by atoms with E-state index in [9.17, 15) is 9.59 Å². The highest BCUT2D eigenvalue weighted by atomic mass is 35.5. The van der Waals surface area contributed by atoms with Gasteiger partial charge in [-0.15, -0.1) is 24.8 Å². The Morgan fingerprint density at radius 1 is 1.17 bits per heavy atom. The summed E-state index contributed by atoms with van der Waals surface area (Å²) in [5.41, 5.74) is 7.10. The van der Waals surface area contributed by atoms with Crippen LogP contribution >= 0.6 is 36.4 Å². The number of piperazine rings is 1. The third-order valence-corrected chi connectivity index (χ3v) is 5.53. The van der Waals surface area contributed by atoms with E-state index in [2.05, 4.69) is 10.2 Å². The molecule has 164 valence electrons. The molecule has 3 rings (SSSR count). The van der Waals surface area contributed by atoms with Crippen molar-refractivity contribution in [2.24, 2.45) is 11.7 Å². The SMILES string of the molecule is Cl.Cl.NC(C(=O)NCC(=O)N1CCN(c2cccc(Cl)c2)CC1)C1CCOCC1. The van der Waals surface area contributed by atoms with Crippen molar-refractivity contribution in [2.75, 3.05) is 50.8 Å². The minimum Gasteiger partial charge on any atom is -0.381 e. The Kier molecular flexibility index (Phi) is 11.1. The smallest absolute Gasteiger partial charge is 0.242 e. The molecule has 10 heteroatoms. The quantitative estimate of drug-likeness (QED) is 0.688. The van der Waals surface area contributed by atoms with Crippen LogP contribution in [0.3, 0.4) is 0 Å². The van der Waals surface area contributed by atoms with Crippen LogP contribution in [0, 0.1) is 5.92 Å². The van der Waals surface area contributed by atoms with Gasteiger partial charge in [0.25, 0.3) is 0 Å². The van der Waals surface area contributed by atoms with Crippen LogP contribution in [0.2, 0.25) is 5.02 Å². The Labute approximate surface area is 189 Å². The third-order valence-electron chi connectivity index (χ3n) is 5.30. The molecule has 3 N–H and O–H groups in total. The summed E-state index contributed by atoms with van der Waals surface area (Å²) in [6.07, 6.45) is 1.57. The van der Waals surface area contributed by atoms with Gasteiger partial charge in [0.1, 0.15) is 0 Å². The van der Waals surface area contributed by atoms with Gasteiger partial charge < -0.3 is 25.6 Å². The molecule has 2 fully saturated rings. The predicted octanol–water partition coefficient (Wildman–Crippen LogP) is 1.70. The Bertz CT molecular complexity index is 666. The molecule has 0 aromatic heterocycles. The number of hydrogen-bond donors (Lipinski definition) is 2. The summed E-state index contributed by atoms with van der Waals surface area (Å²) in [4.78, 5) is 28.6. The van der Waals surface area contributed by atoms with Gasteiger partial charge >= 0.3 is 0 Å². The molecule has 0 saturated carbocycles. The fraction of sp³-hybridized carbons (Fsp3) is 0.579. The van der Waals surface area contributed by atoms with Crippen molar-refractivity contribution in [1.29, 1.82) is 0 Å². The molecule has 1 aromatic carbocycles. The van der Waals surface area contributed by atoms with E-state index in [4.69, 9.17) is 22.1 Å². The highest BCUT2D eigenvalue weighted by Crippen LogP contribution is 2.21. The number of halogens is 3. The number of nitrogens with zero attached hydrogens (tertiary/aromatic N) is 2. The van der Waals surface area contributed by atoms with Crippen molar-refractivity contribution >= 4 is 53.9 Å². The van der Waals surface area contributed by atoms with Gasteiger partial charge in [-0.3, -0.25) is 9.59 Å². The maximum absolute atomic E-state index is 12.4. The monoisotopic (exact) mass is 466 g/mol. The first-order valence-electron chi connectivity index (χ1n) is 9.44. The molecule has 0 radical (unpaired) electrons. The maximum atomic E-state index is 12.4. The van der Waals surface area contributed by atoms with Crippen molar-refractivity contribution in [1.82, 2.24) is 10.2 Å². The van der Waals surface area contributed by atoms with Crippen LogP contribution < -0.4 is 16.0 Å². The zero-order valence-corrected chi connectivity index (χ0v) is 18.6. The molecule has 29 heavy (non-hydrogen) atoms. The fourth-order valence-corrected chi connectivity index (χ4v) is 3.75. The molecule has 0 spiro atoms. The first-order valence-corrected chi connectivity index (χ1v) is 9.81. The highest BCUT2D eigenvalue weighted by Gasteiger charge is 2.27. The number of ether oxygens (including phenoxy) is 1. The largest absolute Gasteiger partial charge is 0.381 e. The zero-order chi connectivity index (χ0) is 19.2. The molecule has 2 heterocycles. The first-order chi connectivity index (χ1) is 13.0. The summed E-state index contributed by atoms with van der Waals surface area (Å²) in [6, 6.07) is 7.13. The van der Waals surface area contributed by atoms with Crippen molar-refractivity contribution in [3.63, 3.8) is 0 Å². The van der Waals surface area contributed by atoms with E-state index in [0.29, 0.717) is 31.3 Å². The summed E-state index contributed by atoms with van der Waals surface area (Å²) in [7, 11) is 0. The highest BCUT2D eigenvalue weighted by molar-refractivity contribution is 6.30. The average molecular weight is 468 g/mol. The van der Waals surface area contributed by atoms with Crippen LogP contribution in [0.5, 0.6) is 0 Å². The van der Waals surface area contributed by atoms with Crippen LogP contribution in [-0.2, 0) is 14.3 Å². The van der Waals surface area contributed by atoms with E-state index >= 15 is 0 Å². The van der Waals surface area contributed by atoms with Crippen molar-refractivity contribution < 1.29 is 14.3 Å². The van der Waals surface area contributed by atoms with Crippen LogP contribution in [0.25, 0.3) is 0 Å². The van der Waals surface area contributed by atoms with E-state index in [-0.39, 0.29) is 49.1 Å². The number of anilines is 1. The lowest BCUT2D eigenvalue weighted by atomic mass is 9.92. The zero-order valence-electron chi connectivity index (χ0n) is 16.2. The summed E-state index contributed by atoms with van der Waals surface area (Å²) in [5, 5.41) is 3.40. The van der Waals surface area contributed by atoms with Crippen LogP contribution in [0.15, 0.2) is 24.3 Å². The molecular weight excluding hydrogens is 439 g/mol. The lowest BCUT2D eigenvalue weighted by molar-refractivity contribution is -0.133. The average Bonchev–Trinajstić information content (AvgIpc) is 2.72. The summed E-state index contributed by atoms with van der Waals surface area (Å²) in [5.74, 6) is -0.212. The molecule has 7 nitrogen and oxygen atoms in total. The van der Waals surface area contributed by atoms with Crippen LogP contribution in [-0.4, -0.2) is 68.7 Å². The Morgan fingerprint density at radius 2 is 1.83 bits per heavy atom. The Balaban J connectivity index is 0.00000210. The van der Waals surface area contributed by atoms with Gasteiger partial charge in [0, 0.05) is 50.1 Å². The number of hydrogen-bond acceptors (Lipinski definition) is 5. The molecule has 1 unspecified atom stereocenters. The second-order valence-electron chi connectivity index (χ2n) is 7.04. The molecule has 2 aliphatic heterocycles. The van der Waals surface area contributed by atoms with Gasteiger partial charge in [-0.1, -0.05) is 17.7 Å². The van der Waals surface area contributed by atoms with Crippen LogP contribution in [0.1, 0.15) is 12.8 Å². The number of carbonyl (C=O) groups is 2. The first kappa shape index (κ1) is 25.8. The number of nitrogens with one attached hydrogen (secondary N) is 1. The summed E-state index contributed by atoms with van der Waals surface area (Å²) < 4.78 is 5.29. The third kappa shape index (κ3) is 7.19. The summed E-state index contributed by atoms with van der Waals surface area (Å²) >= 11 is 6.05. The van der Waals surface area contributed by atoms with Gasteiger partial charge in [0.15, 0.2) is 0 Å². The Hall–Kier alpha value is -1.25. The fourth-order valence-electron chi connectivity index (χ4n) is 3.57. The van der Waals surface area contributed by atoms with Crippen molar-refractivity contribution in [2.45, 2.75) is 18.9 Å². The van der Waals surface area contributed by atoms with Gasteiger partial charge in [0.05, 0.1) is 12.6 Å². The van der Waals surface area contributed by atoms with E-state index in [1.165, 1.54) is 0 Å². The van der Waals surface area contributed by atoms with E-state index in [1.54, 1.807) is 4.90 Å². The topological polar surface area (TPSA) is 87.9 Å². The van der Waals surface area contributed by atoms with Gasteiger partial charge in [0.2, 0.25) is 11.8 Å². The summed E-state index contributed by atoms with van der Waals surface area (Å²) in [6.45, 7) is 3.99. The molecule has 1 aromatic rings. The molecular formula is C19H29Cl3N4O3. The minimum atomic E-state index is -0.582. The Morgan fingerprint density at radius 3 is 2.45 bits per heavy atom. The second kappa shape index (κ2) is 12.4. The second-order valence-corrected chi connectivity index (χ2v) is 7.48. The number of nitrogens with two attached hydrogens (primary N) is 1. The lowest BCUT2D eigenvalue weighted by Crippen LogP contribution is -2.53. The van der Waals surface area contributed by atoms with Crippen molar-refractivity contribution in [3.8, 4) is 0 Å². The number of amides is 2. The predicted molar refractivity (Wildman–Crippen MR) is 119 cm³/mol. The molecule has 0 aliphatic carbocycles. The van der Waals surface area contributed by atoms with Gasteiger partial charge in [-0.05, 0) is 37.0 Å². The van der Waals surface area contributed by atoms with Gasteiger partial charge in [-0.25, -0.2) is 0 Å². The van der Waals surface area contributed by atoms with Gasteiger partial charge in [-0.2, -0.15) is 0 Å². The molecule has 0 bridgehead atoms. The molecule has 2 aliphatic rings. The number of benzene rings is 1. The number of rotatable bonds is 5. The lowest BCUT2D eigenvalue weighted by Gasteiger charge is -2.36. The molecule has 1 atom stereocenters. The molecule has 2 amide bonds. The standard InChI is InChI=1S/C19H27ClN4O3.2ClH/c20-15-2-1-3-16(12-15)23-6-8-24(9-7-23)17(25)13-22-19(26)18(21)14-4-10-27-11-5-14;;/h1-3,12,14,18H,4-11,13,21H2,(H,22,26);2*1H. The maximum Gasteiger partial charge on any atom is 0.242 e. The van der Waals surface area contributed by atoms with Crippen LogP contribution in [0.4, 0.5) is 5.69 Å².